The Hall–Kier alpha value is -2.62. The second kappa shape index (κ2) is 7.77. The van der Waals surface area contributed by atoms with E-state index >= 15 is 0 Å². The number of benzene rings is 2. The van der Waals surface area contributed by atoms with E-state index in [9.17, 15) is 4.79 Å². The van der Waals surface area contributed by atoms with Gasteiger partial charge in [-0.15, -0.1) is 0 Å². The first-order valence-corrected chi connectivity index (χ1v) is 7.98. The molecule has 0 saturated carbocycles. The summed E-state index contributed by atoms with van der Waals surface area (Å²) < 4.78 is 0. The van der Waals surface area contributed by atoms with Crippen LogP contribution in [-0.4, -0.2) is 18.7 Å². The molecule has 0 unspecified atom stereocenters. The summed E-state index contributed by atoms with van der Waals surface area (Å²) in [5, 5.41) is 6.76. The van der Waals surface area contributed by atoms with E-state index in [0.717, 1.165) is 22.4 Å². The van der Waals surface area contributed by atoms with Gasteiger partial charge in [-0.25, -0.2) is 0 Å². The molecule has 0 atom stereocenters. The molecule has 0 aromatic heterocycles. The van der Waals surface area contributed by atoms with Gasteiger partial charge in [-0.2, -0.15) is 0 Å². The number of amides is 1. The molecule has 0 fully saturated rings. The summed E-state index contributed by atoms with van der Waals surface area (Å²) in [5.41, 5.74) is 3.92. The van der Waals surface area contributed by atoms with Gasteiger partial charge in [0.15, 0.2) is 6.61 Å². The predicted octanol–water partition coefficient (Wildman–Crippen LogP) is 4.28. The van der Waals surface area contributed by atoms with Crippen LogP contribution in [0.25, 0.3) is 0 Å². The number of aryl methyl sites for hydroxylation is 1. The van der Waals surface area contributed by atoms with Gasteiger partial charge >= 0.3 is 0 Å². The van der Waals surface area contributed by atoms with Gasteiger partial charge in [0.05, 0.1) is 6.21 Å². The first kappa shape index (κ1) is 17.7. The molecular formula is C20H24N2O2. The maximum atomic E-state index is 12.1. The molecular weight excluding hydrogens is 300 g/mol. The van der Waals surface area contributed by atoms with Crippen molar-refractivity contribution < 1.29 is 9.63 Å². The quantitative estimate of drug-likeness (QED) is 0.659. The van der Waals surface area contributed by atoms with E-state index < -0.39 is 0 Å². The Bertz CT molecular complexity index is 730. The van der Waals surface area contributed by atoms with Crippen LogP contribution in [0, 0.1) is 6.92 Å². The van der Waals surface area contributed by atoms with Crippen molar-refractivity contribution in [2.45, 2.75) is 33.1 Å². The zero-order chi connectivity index (χ0) is 17.6. The van der Waals surface area contributed by atoms with E-state index in [-0.39, 0.29) is 17.9 Å². The number of hydrogen-bond acceptors (Lipinski definition) is 3. The summed E-state index contributed by atoms with van der Waals surface area (Å²) in [5.74, 6) is -0.228. The fourth-order valence-electron chi connectivity index (χ4n) is 2.35. The Kier molecular flexibility index (Phi) is 5.74. The van der Waals surface area contributed by atoms with E-state index in [0.29, 0.717) is 0 Å². The van der Waals surface area contributed by atoms with Crippen LogP contribution in [0.5, 0.6) is 0 Å². The van der Waals surface area contributed by atoms with Crippen LogP contribution < -0.4 is 5.32 Å². The molecule has 4 heteroatoms. The fraction of sp³-hybridized carbons (Fsp3) is 0.300. The number of hydrogen-bond donors (Lipinski definition) is 1. The Balaban J connectivity index is 1.92. The van der Waals surface area contributed by atoms with Crippen molar-refractivity contribution >= 4 is 17.8 Å². The average Bonchev–Trinajstić information content (AvgIpc) is 2.52. The third-order valence-corrected chi connectivity index (χ3v) is 3.66. The van der Waals surface area contributed by atoms with Gasteiger partial charge in [0.25, 0.3) is 5.91 Å². The van der Waals surface area contributed by atoms with Crippen LogP contribution in [0.15, 0.2) is 53.7 Å². The lowest BCUT2D eigenvalue weighted by Crippen LogP contribution is -2.21. The SMILES string of the molecule is Cc1ccccc1/C=N/OCC(=O)Nc1ccccc1C(C)(C)C. The summed E-state index contributed by atoms with van der Waals surface area (Å²) in [6.07, 6.45) is 1.62. The molecule has 0 saturated heterocycles. The number of nitrogens with zero attached hydrogens (tertiary/aromatic N) is 1. The predicted molar refractivity (Wildman–Crippen MR) is 98.5 cm³/mol. The lowest BCUT2D eigenvalue weighted by Gasteiger charge is -2.22. The average molecular weight is 324 g/mol. The molecule has 0 heterocycles. The maximum absolute atomic E-state index is 12.1. The molecule has 0 aliphatic rings. The highest BCUT2D eigenvalue weighted by Gasteiger charge is 2.18. The summed E-state index contributed by atoms with van der Waals surface area (Å²) in [7, 11) is 0. The van der Waals surface area contributed by atoms with Crippen molar-refractivity contribution in [3.05, 3.63) is 65.2 Å². The Morgan fingerprint density at radius 3 is 2.50 bits per heavy atom. The molecule has 0 aliphatic carbocycles. The molecule has 0 bridgehead atoms. The van der Waals surface area contributed by atoms with E-state index in [4.69, 9.17) is 4.84 Å². The Labute approximate surface area is 143 Å². The monoisotopic (exact) mass is 324 g/mol. The topological polar surface area (TPSA) is 50.7 Å². The zero-order valence-corrected chi connectivity index (χ0v) is 14.7. The molecule has 126 valence electrons. The van der Waals surface area contributed by atoms with Gasteiger partial charge in [-0.05, 0) is 35.1 Å². The van der Waals surface area contributed by atoms with Crippen molar-refractivity contribution in [1.29, 1.82) is 0 Å². The van der Waals surface area contributed by atoms with Crippen LogP contribution in [-0.2, 0) is 15.0 Å². The van der Waals surface area contributed by atoms with E-state index in [1.165, 1.54) is 0 Å². The van der Waals surface area contributed by atoms with Crippen molar-refractivity contribution in [2.24, 2.45) is 5.16 Å². The number of rotatable bonds is 5. The number of oxime groups is 1. The molecule has 1 N–H and O–H groups in total. The van der Waals surface area contributed by atoms with E-state index in [2.05, 4.69) is 31.2 Å². The largest absolute Gasteiger partial charge is 0.386 e. The van der Waals surface area contributed by atoms with Crippen LogP contribution >= 0.6 is 0 Å². The first-order chi connectivity index (χ1) is 11.4. The van der Waals surface area contributed by atoms with Gasteiger partial charge in [0, 0.05) is 5.69 Å². The van der Waals surface area contributed by atoms with E-state index in [1.807, 2.05) is 55.5 Å². The number of carbonyl (C=O) groups is 1. The molecule has 2 aromatic carbocycles. The maximum Gasteiger partial charge on any atom is 0.265 e. The van der Waals surface area contributed by atoms with Crippen LogP contribution in [0.4, 0.5) is 5.69 Å². The lowest BCUT2D eigenvalue weighted by molar-refractivity contribution is -0.120. The number of carbonyl (C=O) groups excluding carboxylic acids is 1. The molecule has 0 radical (unpaired) electrons. The normalized spacial score (nSPS) is 11.5. The summed E-state index contributed by atoms with van der Waals surface area (Å²) in [6, 6.07) is 15.6. The van der Waals surface area contributed by atoms with Gasteiger partial charge in [0.1, 0.15) is 0 Å². The smallest absolute Gasteiger partial charge is 0.265 e. The number of nitrogens with one attached hydrogen (secondary N) is 1. The first-order valence-electron chi connectivity index (χ1n) is 7.98. The van der Waals surface area contributed by atoms with Crippen molar-refractivity contribution in [1.82, 2.24) is 0 Å². The van der Waals surface area contributed by atoms with Crippen molar-refractivity contribution in [3.63, 3.8) is 0 Å². The highest BCUT2D eigenvalue weighted by Crippen LogP contribution is 2.29. The second-order valence-corrected chi connectivity index (χ2v) is 6.71. The van der Waals surface area contributed by atoms with Gasteiger partial charge in [-0.3, -0.25) is 4.79 Å². The minimum atomic E-state index is -0.228. The lowest BCUT2D eigenvalue weighted by atomic mass is 9.86. The van der Waals surface area contributed by atoms with Crippen LogP contribution in [0.2, 0.25) is 0 Å². The number of para-hydroxylation sites is 1. The minimum Gasteiger partial charge on any atom is -0.386 e. The molecule has 24 heavy (non-hydrogen) atoms. The molecule has 4 nitrogen and oxygen atoms in total. The molecule has 2 rings (SSSR count). The van der Waals surface area contributed by atoms with Crippen LogP contribution in [0.3, 0.4) is 0 Å². The zero-order valence-electron chi connectivity index (χ0n) is 14.7. The molecule has 0 aliphatic heterocycles. The molecule has 2 aromatic rings. The van der Waals surface area contributed by atoms with Crippen molar-refractivity contribution in [2.75, 3.05) is 11.9 Å². The van der Waals surface area contributed by atoms with Gasteiger partial charge in [-0.1, -0.05) is 68.4 Å². The van der Waals surface area contributed by atoms with Crippen LogP contribution in [0.1, 0.15) is 37.5 Å². The standard InChI is InChI=1S/C20H24N2O2/c1-15-9-5-6-10-16(15)13-21-24-14-19(23)22-18-12-8-7-11-17(18)20(2,3)4/h5-13H,14H2,1-4H3,(H,22,23)/b21-13+. The second-order valence-electron chi connectivity index (χ2n) is 6.71. The van der Waals surface area contributed by atoms with Crippen molar-refractivity contribution in [3.8, 4) is 0 Å². The third-order valence-electron chi connectivity index (χ3n) is 3.66. The highest BCUT2D eigenvalue weighted by molar-refractivity contribution is 5.92. The Morgan fingerprint density at radius 1 is 1.12 bits per heavy atom. The number of anilines is 1. The summed E-state index contributed by atoms with van der Waals surface area (Å²) in [4.78, 5) is 17.2. The Morgan fingerprint density at radius 2 is 1.79 bits per heavy atom. The summed E-state index contributed by atoms with van der Waals surface area (Å²) >= 11 is 0. The molecule has 0 spiro atoms. The summed E-state index contributed by atoms with van der Waals surface area (Å²) in [6.45, 7) is 8.21. The minimum absolute atomic E-state index is 0.0479. The van der Waals surface area contributed by atoms with Gasteiger partial charge < -0.3 is 10.2 Å². The fourth-order valence-corrected chi connectivity index (χ4v) is 2.35. The third kappa shape index (κ3) is 4.95. The van der Waals surface area contributed by atoms with E-state index in [1.54, 1.807) is 6.21 Å². The highest BCUT2D eigenvalue weighted by atomic mass is 16.6. The van der Waals surface area contributed by atoms with Gasteiger partial charge in [0.2, 0.25) is 0 Å². The molecule has 1 amide bonds.